The van der Waals surface area contributed by atoms with Crippen molar-refractivity contribution in [2.24, 2.45) is 0 Å². The lowest BCUT2D eigenvalue weighted by molar-refractivity contribution is 0.666. The van der Waals surface area contributed by atoms with Gasteiger partial charge in [0.1, 0.15) is 11.2 Å². The van der Waals surface area contributed by atoms with E-state index in [9.17, 15) is 0 Å². The predicted molar refractivity (Wildman–Crippen MR) is 200 cm³/mol. The molecule has 0 radical (unpaired) electrons. The molecule has 0 amide bonds. The zero-order chi connectivity index (χ0) is 31.7. The number of benzene rings is 7. The molecule has 226 valence electrons. The van der Waals surface area contributed by atoms with Gasteiger partial charge in [0.2, 0.25) is 0 Å². The van der Waals surface area contributed by atoms with E-state index in [4.69, 9.17) is 4.42 Å². The van der Waals surface area contributed by atoms with Crippen molar-refractivity contribution in [1.82, 2.24) is 9.13 Å². The number of rotatable bonds is 2. The van der Waals surface area contributed by atoms with Crippen LogP contribution in [0.15, 0.2) is 150 Å². The zero-order valence-corrected chi connectivity index (χ0v) is 26.7. The molecule has 3 heterocycles. The van der Waals surface area contributed by atoms with Crippen molar-refractivity contribution in [3.05, 3.63) is 157 Å². The second-order valence-corrected chi connectivity index (χ2v) is 13.7. The van der Waals surface area contributed by atoms with Crippen molar-refractivity contribution in [3.8, 4) is 22.5 Å². The van der Waals surface area contributed by atoms with Crippen LogP contribution in [0.25, 0.3) is 88.1 Å². The molecule has 0 atom stereocenters. The average Bonchev–Trinajstić information content (AvgIpc) is 3.82. The van der Waals surface area contributed by atoms with E-state index in [0.717, 1.165) is 38.8 Å². The Morgan fingerprint density at radius 1 is 0.438 bits per heavy atom. The van der Waals surface area contributed by atoms with Gasteiger partial charge in [-0.3, -0.25) is 0 Å². The highest BCUT2D eigenvalue weighted by Gasteiger charge is 2.38. The Balaban J connectivity index is 1.24. The molecule has 0 fully saturated rings. The topological polar surface area (TPSA) is 23.0 Å². The number of furan rings is 1. The minimum atomic E-state index is -0.106. The van der Waals surface area contributed by atoms with E-state index in [0.29, 0.717) is 0 Å². The lowest BCUT2D eigenvalue weighted by Crippen LogP contribution is -2.15. The van der Waals surface area contributed by atoms with Crippen LogP contribution in [0.1, 0.15) is 25.0 Å². The van der Waals surface area contributed by atoms with Gasteiger partial charge in [-0.2, -0.15) is 0 Å². The third kappa shape index (κ3) is 3.23. The molecule has 0 spiro atoms. The molecule has 1 aliphatic carbocycles. The summed E-state index contributed by atoms with van der Waals surface area (Å²) >= 11 is 0. The molecule has 11 rings (SSSR count). The summed E-state index contributed by atoms with van der Waals surface area (Å²) in [5.41, 5.74) is 14.3. The van der Waals surface area contributed by atoms with Gasteiger partial charge in [-0.15, -0.1) is 0 Å². The molecule has 3 aromatic heterocycles. The van der Waals surface area contributed by atoms with Crippen LogP contribution in [0.5, 0.6) is 0 Å². The molecule has 1 aliphatic rings. The Hall–Kier alpha value is -6.06. The summed E-state index contributed by atoms with van der Waals surface area (Å²) in [6.07, 6.45) is 0. The smallest absolute Gasteiger partial charge is 0.137 e. The van der Waals surface area contributed by atoms with Crippen molar-refractivity contribution < 1.29 is 4.42 Å². The van der Waals surface area contributed by atoms with Crippen molar-refractivity contribution in [3.63, 3.8) is 0 Å². The van der Waals surface area contributed by atoms with Crippen molar-refractivity contribution in [2.75, 3.05) is 0 Å². The monoisotopic (exact) mass is 614 g/mol. The molecule has 0 unspecified atom stereocenters. The van der Waals surface area contributed by atoms with Crippen LogP contribution >= 0.6 is 0 Å². The van der Waals surface area contributed by atoms with Gasteiger partial charge in [-0.25, -0.2) is 0 Å². The Labute approximate surface area is 276 Å². The van der Waals surface area contributed by atoms with Gasteiger partial charge in [0.25, 0.3) is 0 Å². The number of hydrogen-bond donors (Lipinski definition) is 0. The summed E-state index contributed by atoms with van der Waals surface area (Å²) in [5, 5.41) is 7.38. The Kier molecular flexibility index (Phi) is 4.91. The number of fused-ring (bicyclic) bond motifs is 13. The number of hydrogen-bond acceptors (Lipinski definition) is 1. The first-order chi connectivity index (χ1) is 23.6. The van der Waals surface area contributed by atoms with E-state index < -0.39 is 0 Å². The van der Waals surface area contributed by atoms with E-state index in [1.807, 2.05) is 6.07 Å². The summed E-state index contributed by atoms with van der Waals surface area (Å²) < 4.78 is 11.2. The van der Waals surface area contributed by atoms with Crippen LogP contribution in [-0.2, 0) is 5.41 Å². The summed E-state index contributed by atoms with van der Waals surface area (Å²) in [6.45, 7) is 4.76. The highest BCUT2D eigenvalue weighted by Crippen LogP contribution is 2.53. The molecule has 3 nitrogen and oxygen atoms in total. The van der Waals surface area contributed by atoms with Gasteiger partial charge >= 0.3 is 0 Å². The molecule has 0 saturated heterocycles. The Morgan fingerprint density at radius 2 is 1.17 bits per heavy atom. The first kappa shape index (κ1) is 26.1. The molecule has 0 N–H and O–H groups in total. The van der Waals surface area contributed by atoms with Gasteiger partial charge in [0.15, 0.2) is 0 Å². The summed E-state index contributed by atoms with van der Waals surface area (Å²) in [7, 11) is 0. The standard InChI is InChI=1S/C45H30N2O/c1-45(2)36-17-9-6-14-29(36)32-22-23-38-43(44(32)45)33-16-7-10-18-37(33)47(38)28-20-21-30-34-25-35-31-15-8-11-19-41(31)48-42(35)26-40(34)46(39(30)24-28)27-12-4-3-5-13-27/h3-26H,1-2H3. The Bertz CT molecular complexity index is 2970. The van der Waals surface area contributed by atoms with Crippen LogP contribution < -0.4 is 0 Å². The molecule has 0 saturated carbocycles. The highest BCUT2D eigenvalue weighted by atomic mass is 16.3. The maximum Gasteiger partial charge on any atom is 0.137 e. The van der Waals surface area contributed by atoms with Crippen LogP contribution in [0.3, 0.4) is 0 Å². The minimum Gasteiger partial charge on any atom is -0.456 e. The molecule has 3 heteroatoms. The predicted octanol–water partition coefficient (Wildman–Crippen LogP) is 12.1. The average molecular weight is 615 g/mol. The molecule has 7 aromatic carbocycles. The van der Waals surface area contributed by atoms with Crippen molar-refractivity contribution >= 4 is 65.6 Å². The normalized spacial score (nSPS) is 13.8. The SMILES string of the molecule is CC1(C)c2ccccc2-c2ccc3c(c21)c1ccccc1n3-c1ccc2c3cc4c(cc3n(-c3ccccc3)c2c1)oc1ccccc14. The van der Waals surface area contributed by atoms with Crippen molar-refractivity contribution in [1.29, 1.82) is 0 Å². The summed E-state index contributed by atoms with van der Waals surface area (Å²) in [6, 6.07) is 53.1. The fraction of sp³-hybridized carbons (Fsp3) is 0.0667. The second-order valence-electron chi connectivity index (χ2n) is 13.7. The third-order valence-electron chi connectivity index (χ3n) is 10.9. The largest absolute Gasteiger partial charge is 0.456 e. The number of para-hydroxylation sites is 3. The highest BCUT2D eigenvalue weighted by molar-refractivity contribution is 6.18. The van der Waals surface area contributed by atoms with E-state index in [2.05, 4.69) is 163 Å². The van der Waals surface area contributed by atoms with E-state index in [-0.39, 0.29) is 5.41 Å². The molecule has 10 aromatic rings. The van der Waals surface area contributed by atoms with Gasteiger partial charge in [-0.05, 0) is 70.8 Å². The quantitative estimate of drug-likeness (QED) is 0.190. The summed E-state index contributed by atoms with van der Waals surface area (Å²) in [4.78, 5) is 0. The van der Waals surface area contributed by atoms with Crippen molar-refractivity contribution in [2.45, 2.75) is 19.3 Å². The van der Waals surface area contributed by atoms with Gasteiger partial charge in [0, 0.05) is 55.2 Å². The van der Waals surface area contributed by atoms with Crippen LogP contribution in [0.2, 0.25) is 0 Å². The maximum atomic E-state index is 6.39. The van der Waals surface area contributed by atoms with Crippen LogP contribution in [0, 0.1) is 0 Å². The maximum absolute atomic E-state index is 6.39. The lowest BCUT2D eigenvalue weighted by Gasteiger charge is -2.22. The molecular weight excluding hydrogens is 585 g/mol. The van der Waals surface area contributed by atoms with Gasteiger partial charge in [-0.1, -0.05) is 105 Å². The first-order valence-electron chi connectivity index (χ1n) is 16.7. The molecule has 0 aliphatic heterocycles. The minimum absolute atomic E-state index is 0.106. The third-order valence-corrected chi connectivity index (χ3v) is 10.9. The molecular formula is C45H30N2O. The van der Waals surface area contributed by atoms with Gasteiger partial charge < -0.3 is 13.6 Å². The molecule has 0 bridgehead atoms. The summed E-state index contributed by atoms with van der Waals surface area (Å²) in [5.74, 6) is 0. The lowest BCUT2D eigenvalue weighted by atomic mass is 9.80. The zero-order valence-electron chi connectivity index (χ0n) is 26.7. The van der Waals surface area contributed by atoms with E-state index in [1.165, 1.54) is 60.3 Å². The number of nitrogens with zero attached hydrogens (tertiary/aromatic N) is 2. The Morgan fingerprint density at radius 3 is 2.06 bits per heavy atom. The van der Waals surface area contributed by atoms with Gasteiger partial charge in [0.05, 0.1) is 22.1 Å². The molecule has 48 heavy (non-hydrogen) atoms. The first-order valence-corrected chi connectivity index (χ1v) is 16.7. The van der Waals surface area contributed by atoms with E-state index >= 15 is 0 Å². The van der Waals surface area contributed by atoms with Crippen LogP contribution in [-0.4, -0.2) is 9.13 Å². The fourth-order valence-electron chi connectivity index (χ4n) is 8.83. The number of aromatic nitrogens is 2. The second kappa shape index (κ2) is 9.05. The van der Waals surface area contributed by atoms with Crippen LogP contribution in [0.4, 0.5) is 0 Å². The van der Waals surface area contributed by atoms with E-state index in [1.54, 1.807) is 0 Å². The fourth-order valence-corrected chi connectivity index (χ4v) is 8.83.